The van der Waals surface area contributed by atoms with E-state index in [0.29, 0.717) is 14.9 Å². The molecule has 0 aliphatic heterocycles. The number of carbonyl (C=O) groups is 1. The topological polar surface area (TPSA) is 69.4 Å². The van der Waals surface area contributed by atoms with Crippen molar-refractivity contribution in [1.82, 2.24) is 0 Å². The molecule has 0 radical (unpaired) electrons. The Hall–Kier alpha value is -1.73. The van der Waals surface area contributed by atoms with Crippen molar-refractivity contribution in [2.45, 2.75) is 6.92 Å². The normalized spacial score (nSPS) is 10.3. The minimum atomic E-state index is -0.520. The third-order valence-electron chi connectivity index (χ3n) is 2.61. The van der Waals surface area contributed by atoms with Crippen molar-refractivity contribution in [3.05, 3.63) is 54.7 Å². The minimum absolute atomic E-state index is 0.136. The van der Waals surface area contributed by atoms with Crippen molar-refractivity contribution < 1.29 is 14.5 Å². The van der Waals surface area contributed by atoms with Gasteiger partial charge < -0.3 is 4.74 Å². The number of nitrogens with zero attached hydrogens (tertiary/aromatic N) is 1. The van der Waals surface area contributed by atoms with E-state index in [-0.39, 0.29) is 23.8 Å². The molecule has 7 heteroatoms. The van der Waals surface area contributed by atoms with Crippen molar-refractivity contribution in [1.29, 1.82) is 0 Å². The van der Waals surface area contributed by atoms with Crippen molar-refractivity contribution >= 4 is 38.7 Å². The van der Waals surface area contributed by atoms with Crippen LogP contribution in [0.25, 0.3) is 0 Å². The summed E-state index contributed by atoms with van der Waals surface area (Å²) in [6.07, 6.45) is 0. The molecular weight excluding hydrogens is 346 g/mol. The number of nitro groups is 1. The summed E-state index contributed by atoms with van der Waals surface area (Å²) >= 11 is 4.57. The molecule has 0 unspecified atom stereocenters. The van der Waals surface area contributed by atoms with Crippen LogP contribution < -0.4 is 4.74 Å². The largest absolute Gasteiger partial charge is 0.478 e. The van der Waals surface area contributed by atoms with Gasteiger partial charge in [0, 0.05) is 10.5 Å². The van der Waals surface area contributed by atoms with Crippen molar-refractivity contribution in [3.63, 3.8) is 0 Å². The molecule has 1 aromatic heterocycles. The first kappa shape index (κ1) is 14.7. The van der Waals surface area contributed by atoms with Gasteiger partial charge in [0.2, 0.25) is 11.5 Å². The molecule has 0 saturated carbocycles. The summed E-state index contributed by atoms with van der Waals surface area (Å²) in [5, 5.41) is 12.7. The van der Waals surface area contributed by atoms with Gasteiger partial charge in [0.05, 0.1) is 9.80 Å². The molecule has 0 N–H and O–H groups in total. The highest BCUT2D eigenvalue weighted by molar-refractivity contribution is 9.10. The van der Waals surface area contributed by atoms with Crippen LogP contribution in [-0.2, 0) is 0 Å². The van der Waals surface area contributed by atoms with Crippen LogP contribution in [0.15, 0.2) is 34.1 Å². The van der Waals surface area contributed by atoms with Crippen LogP contribution in [0.5, 0.6) is 5.75 Å². The second-order valence-corrected chi connectivity index (χ2v) is 5.76. The number of thiophene rings is 1. The van der Waals surface area contributed by atoms with Gasteiger partial charge in [0.1, 0.15) is 0 Å². The van der Waals surface area contributed by atoms with Gasteiger partial charge in [-0.15, -0.1) is 11.3 Å². The highest BCUT2D eigenvalue weighted by Crippen LogP contribution is 2.31. The van der Waals surface area contributed by atoms with E-state index in [1.165, 1.54) is 17.4 Å². The zero-order valence-electron chi connectivity index (χ0n) is 10.5. The maximum absolute atomic E-state index is 12.0. The number of ketones is 1. The first-order valence-electron chi connectivity index (χ1n) is 5.63. The number of Topliss-reactive ketones (excluding diaryl/α,β-unsaturated/α-hetero) is 1. The van der Waals surface area contributed by atoms with Crippen LogP contribution in [-0.4, -0.2) is 17.3 Å². The Kier molecular flexibility index (Phi) is 4.51. The highest BCUT2D eigenvalue weighted by atomic mass is 79.9. The molecular formula is C13H10BrNO4S. The maximum atomic E-state index is 12.0. The summed E-state index contributed by atoms with van der Waals surface area (Å²) in [5.41, 5.74) is 0.486. The van der Waals surface area contributed by atoms with Crippen molar-refractivity contribution in [2.24, 2.45) is 0 Å². The molecule has 5 nitrogen and oxygen atoms in total. The number of halogens is 1. The number of para-hydroxylation sites is 1. The Labute approximate surface area is 127 Å². The first-order valence-corrected chi connectivity index (χ1v) is 7.31. The monoisotopic (exact) mass is 355 g/mol. The number of nitro benzene ring substituents is 1. The van der Waals surface area contributed by atoms with E-state index in [2.05, 4.69) is 15.9 Å². The van der Waals surface area contributed by atoms with E-state index in [1.807, 2.05) is 0 Å². The summed E-state index contributed by atoms with van der Waals surface area (Å²) in [6.45, 7) is 1.47. The average molecular weight is 356 g/mol. The molecule has 0 atom stereocenters. The summed E-state index contributed by atoms with van der Waals surface area (Å²) < 4.78 is 6.07. The molecule has 104 valence electrons. The Morgan fingerprint density at radius 1 is 1.45 bits per heavy atom. The van der Waals surface area contributed by atoms with Crippen LogP contribution in [0, 0.1) is 17.0 Å². The molecule has 0 spiro atoms. The molecule has 0 bridgehead atoms. The van der Waals surface area contributed by atoms with Gasteiger partial charge in [0.25, 0.3) is 0 Å². The zero-order valence-corrected chi connectivity index (χ0v) is 12.9. The van der Waals surface area contributed by atoms with Gasteiger partial charge in [-0.1, -0.05) is 12.1 Å². The van der Waals surface area contributed by atoms with Crippen molar-refractivity contribution in [2.75, 3.05) is 6.61 Å². The number of carbonyl (C=O) groups excluding carboxylic acids is 1. The number of rotatable bonds is 5. The third-order valence-corrected chi connectivity index (χ3v) is 4.48. The maximum Gasteiger partial charge on any atom is 0.311 e. The molecule has 20 heavy (non-hydrogen) atoms. The fourth-order valence-corrected chi connectivity index (χ4v) is 3.18. The van der Waals surface area contributed by atoms with Crippen LogP contribution in [0.2, 0.25) is 0 Å². The highest BCUT2D eigenvalue weighted by Gasteiger charge is 2.19. The SMILES string of the molecule is Cc1cccc([N+](=O)[O-])c1OCC(=O)c1sccc1Br. The average Bonchev–Trinajstić information content (AvgIpc) is 2.83. The second kappa shape index (κ2) is 6.15. The number of ether oxygens (including phenoxy) is 1. The van der Waals surface area contributed by atoms with E-state index in [4.69, 9.17) is 4.74 Å². The molecule has 0 aliphatic rings. The number of hydrogen-bond donors (Lipinski definition) is 0. The lowest BCUT2D eigenvalue weighted by atomic mass is 10.2. The number of benzene rings is 1. The molecule has 2 aromatic rings. The zero-order chi connectivity index (χ0) is 14.7. The van der Waals surface area contributed by atoms with E-state index >= 15 is 0 Å². The summed E-state index contributed by atoms with van der Waals surface area (Å²) in [4.78, 5) is 22.9. The van der Waals surface area contributed by atoms with Crippen LogP contribution in [0.1, 0.15) is 15.2 Å². The molecule has 0 saturated heterocycles. The van der Waals surface area contributed by atoms with Gasteiger partial charge in [-0.3, -0.25) is 14.9 Å². The molecule has 0 amide bonds. The predicted octanol–water partition coefficient (Wildman–Crippen LogP) is 3.99. The molecule has 0 aliphatic carbocycles. The fraction of sp³-hybridized carbons (Fsp3) is 0.154. The Morgan fingerprint density at radius 2 is 2.20 bits per heavy atom. The Morgan fingerprint density at radius 3 is 2.80 bits per heavy atom. The number of hydrogen-bond acceptors (Lipinski definition) is 5. The van der Waals surface area contributed by atoms with E-state index < -0.39 is 4.92 Å². The third kappa shape index (κ3) is 3.05. The van der Waals surface area contributed by atoms with E-state index in [0.717, 1.165) is 0 Å². The first-order chi connectivity index (χ1) is 9.50. The van der Waals surface area contributed by atoms with Crippen LogP contribution in [0.4, 0.5) is 5.69 Å². The summed E-state index contributed by atoms with van der Waals surface area (Å²) in [6, 6.07) is 6.41. The summed E-state index contributed by atoms with van der Waals surface area (Å²) in [5.74, 6) is -0.0806. The van der Waals surface area contributed by atoms with Gasteiger partial charge in [-0.05, 0) is 39.9 Å². The van der Waals surface area contributed by atoms with E-state index in [9.17, 15) is 14.9 Å². The molecule has 1 aromatic carbocycles. The van der Waals surface area contributed by atoms with Gasteiger partial charge in [-0.25, -0.2) is 0 Å². The van der Waals surface area contributed by atoms with Gasteiger partial charge in [0.15, 0.2) is 6.61 Å². The van der Waals surface area contributed by atoms with Crippen LogP contribution >= 0.6 is 27.3 Å². The predicted molar refractivity (Wildman–Crippen MR) is 79.7 cm³/mol. The number of aryl methyl sites for hydroxylation is 1. The Bertz CT molecular complexity index is 668. The lowest BCUT2D eigenvalue weighted by Crippen LogP contribution is -2.12. The van der Waals surface area contributed by atoms with Crippen LogP contribution in [0.3, 0.4) is 0 Å². The molecule has 2 rings (SSSR count). The lowest BCUT2D eigenvalue weighted by molar-refractivity contribution is -0.385. The Balaban J connectivity index is 2.18. The molecule has 0 fully saturated rings. The smallest absolute Gasteiger partial charge is 0.311 e. The second-order valence-electron chi connectivity index (χ2n) is 3.99. The summed E-state index contributed by atoms with van der Waals surface area (Å²) in [7, 11) is 0. The van der Waals surface area contributed by atoms with Gasteiger partial charge >= 0.3 is 5.69 Å². The quantitative estimate of drug-likeness (QED) is 0.461. The molecule has 1 heterocycles. The lowest BCUT2D eigenvalue weighted by Gasteiger charge is -2.08. The standard InChI is InChI=1S/C13H10BrNO4S/c1-8-3-2-4-10(15(17)18)12(8)19-7-11(16)13-9(14)5-6-20-13/h2-6H,7H2,1H3. The minimum Gasteiger partial charge on any atom is -0.478 e. The van der Waals surface area contributed by atoms with Gasteiger partial charge in [-0.2, -0.15) is 0 Å². The fourth-order valence-electron chi connectivity index (χ4n) is 1.66. The van der Waals surface area contributed by atoms with Crippen molar-refractivity contribution in [3.8, 4) is 5.75 Å². The van der Waals surface area contributed by atoms with E-state index in [1.54, 1.807) is 30.5 Å².